The number of hydrogen-bond donors (Lipinski definition) is 1. The summed E-state index contributed by atoms with van der Waals surface area (Å²) < 4.78 is 39.1. The van der Waals surface area contributed by atoms with E-state index in [0.29, 0.717) is 25.8 Å². The number of benzene rings is 1. The number of carbonyl (C=O) groups excluding carboxylic acids is 1. The monoisotopic (exact) mass is 420 g/mol. The number of aryl methyl sites for hydroxylation is 2. The van der Waals surface area contributed by atoms with Gasteiger partial charge in [-0.3, -0.25) is 4.79 Å². The predicted octanol–water partition coefficient (Wildman–Crippen LogP) is 6.67. The molecule has 1 N–H and O–H groups in total. The van der Waals surface area contributed by atoms with Crippen molar-refractivity contribution >= 4 is 17.3 Å². The van der Waals surface area contributed by atoms with Crippen molar-refractivity contribution in [3.63, 3.8) is 0 Å². The van der Waals surface area contributed by atoms with Crippen molar-refractivity contribution in [1.29, 1.82) is 0 Å². The second kappa shape index (κ2) is 8.12. The van der Waals surface area contributed by atoms with Crippen LogP contribution in [0.1, 0.15) is 57.6 Å². The van der Waals surface area contributed by atoms with Gasteiger partial charge in [-0.15, -0.1) is 0 Å². The van der Waals surface area contributed by atoms with Crippen LogP contribution in [0, 0.1) is 25.2 Å². The highest BCUT2D eigenvalue weighted by Gasteiger charge is 2.40. The molecular formula is C24H31F3N2O. The Morgan fingerprint density at radius 2 is 1.73 bits per heavy atom. The maximum Gasteiger partial charge on any atom is 0.395 e. The number of rotatable bonds is 3. The summed E-state index contributed by atoms with van der Waals surface area (Å²) in [4.78, 5) is 14.5. The lowest BCUT2D eigenvalue weighted by Gasteiger charge is -2.33. The average molecular weight is 421 g/mol. The average Bonchev–Trinajstić information content (AvgIpc) is 2.61. The fourth-order valence-electron chi connectivity index (χ4n) is 4.22. The van der Waals surface area contributed by atoms with E-state index in [4.69, 9.17) is 0 Å². The van der Waals surface area contributed by atoms with E-state index in [9.17, 15) is 18.0 Å². The summed E-state index contributed by atoms with van der Waals surface area (Å²) in [6.07, 6.45) is 0.873. The van der Waals surface area contributed by atoms with Gasteiger partial charge in [-0.1, -0.05) is 26.8 Å². The van der Waals surface area contributed by atoms with Gasteiger partial charge in [-0.05, 0) is 72.9 Å². The van der Waals surface area contributed by atoms with Gasteiger partial charge in [0, 0.05) is 30.5 Å². The summed E-state index contributed by atoms with van der Waals surface area (Å²) in [5.41, 5.74) is 5.55. The third kappa shape index (κ3) is 5.27. The van der Waals surface area contributed by atoms with Crippen LogP contribution in [0.3, 0.4) is 0 Å². The second-order valence-corrected chi connectivity index (χ2v) is 9.72. The largest absolute Gasteiger partial charge is 0.395 e. The van der Waals surface area contributed by atoms with Gasteiger partial charge in [0.1, 0.15) is 0 Å². The standard InChI is InChI=1S/C24H31F3N2O/c1-15-10-20(11-16(2)22(15)28-21(30)13-23(3,4)5)29-9-8-17-12-19(24(25,26)27)7-6-18(17)14-29/h10-12,14,19H,6-9,13H2,1-5H3,(H,28,30). The van der Waals surface area contributed by atoms with Crippen LogP contribution in [0.2, 0.25) is 0 Å². The first-order valence-electron chi connectivity index (χ1n) is 10.5. The summed E-state index contributed by atoms with van der Waals surface area (Å²) in [6.45, 7) is 10.7. The molecule has 1 atom stereocenters. The van der Waals surface area contributed by atoms with Crippen molar-refractivity contribution in [2.75, 3.05) is 16.8 Å². The molecule has 6 heteroatoms. The fourth-order valence-corrected chi connectivity index (χ4v) is 4.22. The first kappa shape index (κ1) is 22.4. The van der Waals surface area contributed by atoms with Crippen LogP contribution in [-0.4, -0.2) is 18.6 Å². The normalized spacial score (nSPS) is 19.7. The lowest BCUT2D eigenvalue weighted by Crippen LogP contribution is -2.29. The van der Waals surface area contributed by atoms with Crippen molar-refractivity contribution in [3.8, 4) is 0 Å². The number of fused-ring (bicyclic) bond motifs is 1. The minimum Gasteiger partial charge on any atom is -0.347 e. The molecule has 0 aromatic heterocycles. The van der Waals surface area contributed by atoms with Gasteiger partial charge < -0.3 is 10.2 Å². The lowest BCUT2D eigenvalue weighted by atomic mass is 9.83. The number of anilines is 2. The highest BCUT2D eigenvalue weighted by atomic mass is 19.4. The zero-order chi connectivity index (χ0) is 22.3. The van der Waals surface area contributed by atoms with Crippen LogP contribution < -0.4 is 10.2 Å². The highest BCUT2D eigenvalue weighted by molar-refractivity contribution is 5.93. The summed E-state index contributed by atoms with van der Waals surface area (Å²) in [5, 5.41) is 3.04. The predicted molar refractivity (Wildman–Crippen MR) is 116 cm³/mol. The molecule has 1 aromatic carbocycles. The summed E-state index contributed by atoms with van der Waals surface area (Å²) in [7, 11) is 0. The third-order valence-corrected chi connectivity index (χ3v) is 5.70. The molecule has 1 aliphatic heterocycles. The number of carbonyl (C=O) groups is 1. The van der Waals surface area contributed by atoms with Gasteiger partial charge in [0.05, 0.1) is 5.92 Å². The number of allylic oxidation sites excluding steroid dienone is 2. The molecule has 1 aromatic rings. The molecule has 2 aliphatic rings. The summed E-state index contributed by atoms with van der Waals surface area (Å²) in [6, 6.07) is 4.07. The molecule has 1 aliphatic carbocycles. The SMILES string of the molecule is Cc1cc(N2C=C3CCC(C(F)(F)F)C=C3CC2)cc(C)c1NC(=O)CC(C)(C)C. The van der Waals surface area contributed by atoms with Crippen molar-refractivity contribution in [1.82, 2.24) is 0 Å². The fraction of sp³-hybridized carbons (Fsp3) is 0.542. The van der Waals surface area contributed by atoms with Crippen LogP contribution in [0.25, 0.3) is 0 Å². The number of amides is 1. The molecule has 0 radical (unpaired) electrons. The van der Waals surface area contributed by atoms with E-state index < -0.39 is 12.1 Å². The van der Waals surface area contributed by atoms with Gasteiger partial charge in [-0.2, -0.15) is 13.2 Å². The molecule has 0 spiro atoms. The second-order valence-electron chi connectivity index (χ2n) is 9.72. The molecule has 3 rings (SSSR count). The minimum atomic E-state index is -4.16. The number of halogens is 3. The van der Waals surface area contributed by atoms with Crippen LogP contribution >= 0.6 is 0 Å². The van der Waals surface area contributed by atoms with Crippen molar-refractivity contribution in [2.24, 2.45) is 11.3 Å². The Balaban J connectivity index is 1.79. The van der Waals surface area contributed by atoms with Crippen LogP contribution in [0.15, 0.2) is 35.6 Å². The summed E-state index contributed by atoms with van der Waals surface area (Å²) in [5.74, 6) is -1.32. The first-order chi connectivity index (χ1) is 13.8. The molecule has 0 saturated heterocycles. The van der Waals surface area contributed by atoms with Gasteiger partial charge in [-0.25, -0.2) is 0 Å². The summed E-state index contributed by atoms with van der Waals surface area (Å²) >= 11 is 0. The molecule has 0 fully saturated rings. The highest BCUT2D eigenvalue weighted by Crippen LogP contribution is 2.41. The van der Waals surface area contributed by atoms with Crippen LogP contribution in [-0.2, 0) is 4.79 Å². The Morgan fingerprint density at radius 1 is 1.10 bits per heavy atom. The maximum atomic E-state index is 13.0. The van der Waals surface area contributed by atoms with E-state index in [2.05, 4.69) is 10.2 Å². The molecule has 1 heterocycles. The number of alkyl halides is 3. The van der Waals surface area contributed by atoms with Gasteiger partial charge in [0.25, 0.3) is 0 Å². The lowest BCUT2D eigenvalue weighted by molar-refractivity contribution is -0.163. The number of nitrogens with zero attached hydrogens (tertiary/aromatic N) is 1. The maximum absolute atomic E-state index is 13.0. The molecule has 164 valence electrons. The van der Waals surface area contributed by atoms with Crippen molar-refractivity contribution in [3.05, 3.63) is 46.7 Å². The Bertz CT molecular complexity index is 868. The van der Waals surface area contributed by atoms with Crippen LogP contribution in [0.4, 0.5) is 24.5 Å². The minimum absolute atomic E-state index is 0.00209. The van der Waals surface area contributed by atoms with Crippen molar-refractivity contribution < 1.29 is 18.0 Å². The molecule has 3 nitrogen and oxygen atoms in total. The Morgan fingerprint density at radius 3 is 2.30 bits per heavy atom. The Hall–Kier alpha value is -2.24. The number of nitrogens with one attached hydrogen (secondary N) is 1. The van der Waals surface area contributed by atoms with Gasteiger partial charge in [0.15, 0.2) is 0 Å². The first-order valence-corrected chi connectivity index (χ1v) is 10.5. The molecule has 0 saturated carbocycles. The van der Waals surface area contributed by atoms with E-state index in [1.807, 2.05) is 53.0 Å². The third-order valence-electron chi connectivity index (χ3n) is 5.70. The zero-order valence-corrected chi connectivity index (χ0v) is 18.4. The molecule has 1 amide bonds. The Kier molecular flexibility index (Phi) is 6.08. The molecular weight excluding hydrogens is 389 g/mol. The van der Waals surface area contributed by atoms with E-state index in [-0.39, 0.29) is 17.7 Å². The quantitative estimate of drug-likeness (QED) is 0.592. The topological polar surface area (TPSA) is 32.3 Å². The van der Waals surface area contributed by atoms with Gasteiger partial charge >= 0.3 is 6.18 Å². The smallest absolute Gasteiger partial charge is 0.347 e. The molecule has 1 unspecified atom stereocenters. The van der Waals surface area contributed by atoms with E-state index in [1.54, 1.807) is 0 Å². The van der Waals surface area contributed by atoms with E-state index >= 15 is 0 Å². The van der Waals surface area contributed by atoms with Crippen molar-refractivity contribution in [2.45, 2.75) is 66.5 Å². The van der Waals surface area contributed by atoms with Crippen LogP contribution in [0.5, 0.6) is 0 Å². The van der Waals surface area contributed by atoms with Gasteiger partial charge in [0.2, 0.25) is 5.91 Å². The number of hydrogen-bond acceptors (Lipinski definition) is 2. The van der Waals surface area contributed by atoms with E-state index in [0.717, 1.165) is 33.6 Å². The molecule has 0 bridgehead atoms. The molecule has 30 heavy (non-hydrogen) atoms. The zero-order valence-electron chi connectivity index (χ0n) is 18.4. The van der Waals surface area contributed by atoms with E-state index in [1.165, 1.54) is 6.08 Å². The Labute approximate surface area is 177 Å².